The SMILES string of the molecule is COC(=S)N(C(=O)Cl)c1ccccc1. The third-order valence-electron chi connectivity index (χ3n) is 1.55. The van der Waals surface area contributed by atoms with E-state index in [1.165, 1.54) is 7.11 Å². The van der Waals surface area contributed by atoms with E-state index in [-0.39, 0.29) is 5.17 Å². The minimum absolute atomic E-state index is 0.0243. The molecule has 0 atom stereocenters. The van der Waals surface area contributed by atoms with Crippen molar-refractivity contribution in [1.82, 2.24) is 0 Å². The summed E-state index contributed by atoms with van der Waals surface area (Å²) >= 11 is 10.2. The first kappa shape index (κ1) is 10.9. The van der Waals surface area contributed by atoms with Gasteiger partial charge in [0.25, 0.3) is 5.17 Å². The van der Waals surface area contributed by atoms with E-state index in [1.807, 2.05) is 6.07 Å². The van der Waals surface area contributed by atoms with Crippen molar-refractivity contribution in [2.45, 2.75) is 0 Å². The van der Waals surface area contributed by atoms with Gasteiger partial charge in [0.15, 0.2) is 0 Å². The molecule has 0 aliphatic heterocycles. The van der Waals surface area contributed by atoms with E-state index in [4.69, 9.17) is 28.6 Å². The first-order valence-electron chi connectivity index (χ1n) is 3.79. The van der Waals surface area contributed by atoms with Crippen LogP contribution in [0.3, 0.4) is 0 Å². The number of hydrogen-bond donors (Lipinski definition) is 0. The van der Waals surface area contributed by atoms with Gasteiger partial charge >= 0.3 is 5.37 Å². The zero-order valence-corrected chi connectivity index (χ0v) is 9.01. The number of nitrogens with zero attached hydrogens (tertiary/aromatic N) is 1. The highest BCUT2D eigenvalue weighted by atomic mass is 35.5. The molecule has 0 heterocycles. The van der Waals surface area contributed by atoms with Crippen molar-refractivity contribution in [2.75, 3.05) is 12.0 Å². The Labute approximate surface area is 92.2 Å². The Bertz CT molecular complexity index is 342. The van der Waals surface area contributed by atoms with Gasteiger partial charge in [-0.2, -0.15) is 0 Å². The number of carbonyl (C=O) groups is 1. The predicted molar refractivity (Wildman–Crippen MR) is 59.8 cm³/mol. The van der Waals surface area contributed by atoms with Crippen molar-refractivity contribution in [2.24, 2.45) is 0 Å². The van der Waals surface area contributed by atoms with Crippen LogP contribution in [0.4, 0.5) is 10.5 Å². The maximum Gasteiger partial charge on any atom is 0.328 e. The fourth-order valence-corrected chi connectivity index (χ4v) is 1.36. The fourth-order valence-electron chi connectivity index (χ4n) is 0.947. The molecule has 3 nitrogen and oxygen atoms in total. The molecule has 0 bridgehead atoms. The lowest BCUT2D eigenvalue weighted by Crippen LogP contribution is -2.32. The molecule has 0 aliphatic rings. The molecule has 5 heteroatoms. The van der Waals surface area contributed by atoms with Crippen LogP contribution in [0.2, 0.25) is 0 Å². The molecule has 74 valence electrons. The first-order chi connectivity index (χ1) is 6.66. The highest BCUT2D eigenvalue weighted by Gasteiger charge is 2.18. The van der Waals surface area contributed by atoms with Crippen LogP contribution in [0, 0.1) is 0 Å². The topological polar surface area (TPSA) is 29.5 Å². The summed E-state index contributed by atoms with van der Waals surface area (Å²) in [5, 5.41) is -0.667. The average molecular weight is 230 g/mol. The molecule has 0 saturated carbocycles. The molecule has 1 amide bonds. The molecule has 0 radical (unpaired) electrons. The molecule has 1 aromatic carbocycles. The number of rotatable bonds is 1. The number of para-hydroxylation sites is 1. The average Bonchev–Trinajstić information content (AvgIpc) is 2.19. The number of thiocarbonyl (C=S) groups is 1. The van der Waals surface area contributed by atoms with E-state index < -0.39 is 5.37 Å². The van der Waals surface area contributed by atoms with Crippen molar-refractivity contribution < 1.29 is 9.53 Å². The number of amides is 1. The summed E-state index contributed by atoms with van der Waals surface area (Å²) in [6.07, 6.45) is 0. The number of carbonyl (C=O) groups excluding carboxylic acids is 1. The molecular weight excluding hydrogens is 222 g/mol. The van der Waals surface area contributed by atoms with Gasteiger partial charge in [-0.15, -0.1) is 0 Å². The van der Waals surface area contributed by atoms with Crippen molar-refractivity contribution in [3.05, 3.63) is 30.3 Å². The quantitative estimate of drug-likeness (QED) is 0.421. The maximum atomic E-state index is 11.1. The van der Waals surface area contributed by atoms with Crippen molar-refractivity contribution in [1.29, 1.82) is 0 Å². The fraction of sp³-hybridized carbons (Fsp3) is 0.111. The van der Waals surface area contributed by atoms with Gasteiger partial charge in [0.05, 0.1) is 12.8 Å². The van der Waals surface area contributed by atoms with Crippen LogP contribution >= 0.6 is 23.8 Å². The molecule has 0 N–H and O–H groups in total. The highest BCUT2D eigenvalue weighted by molar-refractivity contribution is 7.80. The third-order valence-corrected chi connectivity index (χ3v) is 2.07. The second-order valence-electron chi connectivity index (χ2n) is 2.39. The van der Waals surface area contributed by atoms with Crippen LogP contribution in [-0.2, 0) is 4.74 Å². The zero-order chi connectivity index (χ0) is 10.6. The Kier molecular flexibility index (Phi) is 3.85. The van der Waals surface area contributed by atoms with Crippen LogP contribution < -0.4 is 4.90 Å². The Morgan fingerprint density at radius 1 is 1.43 bits per heavy atom. The van der Waals surface area contributed by atoms with E-state index in [1.54, 1.807) is 24.3 Å². The summed E-state index contributed by atoms with van der Waals surface area (Å²) in [5.41, 5.74) is 0.583. The van der Waals surface area contributed by atoms with E-state index in [9.17, 15) is 4.79 Å². The van der Waals surface area contributed by atoms with Gasteiger partial charge in [-0.3, -0.25) is 4.79 Å². The van der Waals surface area contributed by atoms with Gasteiger partial charge in [0.2, 0.25) is 0 Å². The lowest BCUT2D eigenvalue weighted by molar-refractivity contribution is 0.265. The Morgan fingerprint density at radius 3 is 2.43 bits per heavy atom. The summed E-state index contributed by atoms with van der Waals surface area (Å²) in [6.45, 7) is 0. The van der Waals surface area contributed by atoms with Gasteiger partial charge in [-0.05, 0) is 36.0 Å². The summed E-state index contributed by atoms with van der Waals surface area (Å²) < 4.78 is 4.78. The molecule has 0 fully saturated rings. The number of benzene rings is 1. The predicted octanol–water partition coefficient (Wildman–Crippen LogP) is 2.78. The Balaban J connectivity index is 3.01. The monoisotopic (exact) mass is 229 g/mol. The van der Waals surface area contributed by atoms with Gasteiger partial charge in [0, 0.05) is 0 Å². The van der Waals surface area contributed by atoms with Gasteiger partial charge in [-0.1, -0.05) is 18.2 Å². The Morgan fingerprint density at radius 2 is 2.00 bits per heavy atom. The van der Waals surface area contributed by atoms with Crippen LogP contribution in [0.5, 0.6) is 0 Å². The summed E-state index contributed by atoms with van der Waals surface area (Å²) in [4.78, 5) is 12.2. The van der Waals surface area contributed by atoms with Gasteiger partial charge < -0.3 is 4.74 Å². The number of anilines is 1. The minimum Gasteiger partial charge on any atom is -0.474 e. The van der Waals surface area contributed by atoms with E-state index >= 15 is 0 Å². The number of halogens is 1. The van der Waals surface area contributed by atoms with Crippen LogP contribution in [0.25, 0.3) is 0 Å². The number of methoxy groups -OCH3 is 1. The minimum atomic E-state index is -0.692. The van der Waals surface area contributed by atoms with Gasteiger partial charge in [-0.25, -0.2) is 4.90 Å². The zero-order valence-electron chi connectivity index (χ0n) is 7.44. The first-order valence-corrected chi connectivity index (χ1v) is 4.58. The second kappa shape index (κ2) is 4.93. The van der Waals surface area contributed by atoms with Crippen molar-refractivity contribution >= 4 is 40.0 Å². The molecule has 1 aromatic rings. The van der Waals surface area contributed by atoms with Crippen molar-refractivity contribution in [3.63, 3.8) is 0 Å². The van der Waals surface area contributed by atoms with Crippen molar-refractivity contribution in [3.8, 4) is 0 Å². The molecule has 0 saturated heterocycles. The van der Waals surface area contributed by atoms with Crippen LogP contribution in [0.15, 0.2) is 30.3 Å². The number of hydrogen-bond acceptors (Lipinski definition) is 3. The molecule has 0 aromatic heterocycles. The largest absolute Gasteiger partial charge is 0.474 e. The lowest BCUT2D eigenvalue weighted by atomic mass is 10.3. The van der Waals surface area contributed by atoms with E-state index in [0.717, 1.165) is 4.90 Å². The van der Waals surface area contributed by atoms with Gasteiger partial charge in [0.1, 0.15) is 0 Å². The van der Waals surface area contributed by atoms with E-state index in [2.05, 4.69) is 0 Å². The Hall–Kier alpha value is -1.13. The standard InChI is InChI=1S/C9H8ClNO2S/c1-13-9(14)11(8(10)12)7-5-3-2-4-6-7/h2-6H,1H3. The lowest BCUT2D eigenvalue weighted by Gasteiger charge is -2.18. The van der Waals surface area contributed by atoms with E-state index in [0.29, 0.717) is 5.69 Å². The number of ether oxygens (including phenoxy) is 1. The van der Waals surface area contributed by atoms with Crippen LogP contribution in [0.1, 0.15) is 0 Å². The van der Waals surface area contributed by atoms with Crippen LogP contribution in [-0.4, -0.2) is 17.7 Å². The molecule has 0 spiro atoms. The normalized spacial score (nSPS) is 9.29. The summed E-state index contributed by atoms with van der Waals surface area (Å²) in [6, 6.07) is 8.81. The third kappa shape index (κ3) is 2.43. The molecule has 1 rings (SSSR count). The molecule has 0 aliphatic carbocycles. The highest BCUT2D eigenvalue weighted by Crippen LogP contribution is 2.16. The molecule has 14 heavy (non-hydrogen) atoms. The summed E-state index contributed by atoms with van der Waals surface area (Å²) in [7, 11) is 1.39. The summed E-state index contributed by atoms with van der Waals surface area (Å²) in [5.74, 6) is 0. The molecule has 0 unspecified atom stereocenters. The maximum absolute atomic E-state index is 11.1. The second-order valence-corrected chi connectivity index (χ2v) is 3.07. The smallest absolute Gasteiger partial charge is 0.328 e. The molecular formula is C9H8ClNO2S.